The van der Waals surface area contributed by atoms with Crippen molar-refractivity contribution in [2.45, 2.75) is 142 Å². The Morgan fingerprint density at radius 1 is 0.742 bits per heavy atom. The molecular formula is C29H52O2. The second-order valence-electron chi connectivity index (χ2n) is 11.6. The van der Waals surface area contributed by atoms with E-state index < -0.39 is 0 Å². The molecule has 31 heavy (non-hydrogen) atoms. The number of esters is 1. The van der Waals surface area contributed by atoms with Gasteiger partial charge in [0.2, 0.25) is 0 Å². The highest BCUT2D eigenvalue weighted by Gasteiger charge is 2.37. The van der Waals surface area contributed by atoms with Crippen molar-refractivity contribution in [2.24, 2.45) is 35.5 Å². The van der Waals surface area contributed by atoms with E-state index in [9.17, 15) is 4.79 Å². The van der Waals surface area contributed by atoms with Gasteiger partial charge in [-0.15, -0.1) is 0 Å². The summed E-state index contributed by atoms with van der Waals surface area (Å²) in [6, 6.07) is 0. The maximum atomic E-state index is 12.8. The van der Waals surface area contributed by atoms with Gasteiger partial charge in [0.15, 0.2) is 0 Å². The highest BCUT2D eigenvalue weighted by molar-refractivity contribution is 5.72. The van der Waals surface area contributed by atoms with Crippen LogP contribution in [0.4, 0.5) is 0 Å². The van der Waals surface area contributed by atoms with Gasteiger partial charge in [0.1, 0.15) is 6.10 Å². The smallest absolute Gasteiger partial charge is 0.309 e. The third-order valence-corrected chi connectivity index (χ3v) is 9.31. The molecule has 3 aliphatic rings. The molecule has 2 nitrogen and oxygen atoms in total. The van der Waals surface area contributed by atoms with Gasteiger partial charge >= 0.3 is 5.97 Å². The van der Waals surface area contributed by atoms with Crippen LogP contribution in [0.1, 0.15) is 136 Å². The first kappa shape index (κ1) is 25.1. The molecule has 0 saturated heterocycles. The number of rotatable bonds is 10. The van der Waals surface area contributed by atoms with Crippen LogP contribution in [0.2, 0.25) is 0 Å². The fourth-order valence-corrected chi connectivity index (χ4v) is 7.25. The molecule has 3 unspecified atom stereocenters. The van der Waals surface area contributed by atoms with E-state index in [4.69, 9.17) is 4.74 Å². The van der Waals surface area contributed by atoms with E-state index in [-0.39, 0.29) is 18.0 Å². The summed E-state index contributed by atoms with van der Waals surface area (Å²) in [5.74, 6) is 4.87. The summed E-state index contributed by atoms with van der Waals surface area (Å²) >= 11 is 0. The number of hydrogen-bond acceptors (Lipinski definition) is 2. The molecule has 3 fully saturated rings. The van der Waals surface area contributed by atoms with Gasteiger partial charge in [-0.1, -0.05) is 72.1 Å². The summed E-state index contributed by atoms with van der Waals surface area (Å²) in [6.45, 7) is 7.11. The summed E-state index contributed by atoms with van der Waals surface area (Å²) in [4.78, 5) is 12.8. The Bertz CT molecular complexity index is 499. The molecule has 180 valence electrons. The zero-order valence-corrected chi connectivity index (χ0v) is 21.1. The molecule has 3 atom stereocenters. The van der Waals surface area contributed by atoms with Gasteiger partial charge in [0, 0.05) is 0 Å². The maximum Gasteiger partial charge on any atom is 0.309 e. The predicted molar refractivity (Wildman–Crippen MR) is 131 cm³/mol. The molecule has 3 rings (SSSR count). The maximum absolute atomic E-state index is 12.8. The van der Waals surface area contributed by atoms with Crippen molar-refractivity contribution in [3.8, 4) is 0 Å². The minimum absolute atomic E-state index is 0.143. The molecule has 0 aromatic heterocycles. The van der Waals surface area contributed by atoms with E-state index in [1.165, 1.54) is 89.9 Å². The molecule has 0 aromatic carbocycles. The number of ether oxygens (including phenoxy) is 1. The lowest BCUT2D eigenvalue weighted by Gasteiger charge is -2.41. The first-order valence-electron chi connectivity index (χ1n) is 14.3. The largest absolute Gasteiger partial charge is 0.462 e. The molecule has 2 heteroatoms. The van der Waals surface area contributed by atoms with Gasteiger partial charge in [-0.25, -0.2) is 0 Å². The molecule has 3 aliphatic carbocycles. The summed E-state index contributed by atoms with van der Waals surface area (Å²) in [6.07, 6.45) is 23.7. The fraction of sp³-hybridized carbons (Fsp3) is 0.966. The van der Waals surface area contributed by atoms with Crippen LogP contribution in [0.5, 0.6) is 0 Å². The van der Waals surface area contributed by atoms with Crippen LogP contribution in [0, 0.1) is 35.5 Å². The summed E-state index contributed by atoms with van der Waals surface area (Å²) in [5.41, 5.74) is 0. The van der Waals surface area contributed by atoms with Crippen molar-refractivity contribution >= 4 is 5.97 Å². The van der Waals surface area contributed by atoms with Gasteiger partial charge in [0.25, 0.3) is 0 Å². The number of carbonyl (C=O) groups is 1. The van der Waals surface area contributed by atoms with E-state index >= 15 is 0 Å². The van der Waals surface area contributed by atoms with Gasteiger partial charge in [-0.05, 0) is 93.8 Å². The van der Waals surface area contributed by atoms with Crippen LogP contribution in [0.3, 0.4) is 0 Å². The second kappa shape index (κ2) is 13.2. The van der Waals surface area contributed by atoms with Gasteiger partial charge in [-0.3, -0.25) is 4.79 Å². The quantitative estimate of drug-likeness (QED) is 0.255. The lowest BCUT2D eigenvalue weighted by atomic mass is 9.64. The zero-order valence-electron chi connectivity index (χ0n) is 21.1. The number of hydrogen-bond donors (Lipinski definition) is 0. The molecule has 0 spiro atoms. The third kappa shape index (κ3) is 7.78. The molecule has 0 heterocycles. The molecule has 0 aromatic rings. The fourth-order valence-electron chi connectivity index (χ4n) is 7.25. The summed E-state index contributed by atoms with van der Waals surface area (Å²) in [5, 5.41) is 0. The molecule has 0 N–H and O–H groups in total. The Kier molecular flexibility index (Phi) is 10.7. The Morgan fingerprint density at radius 2 is 1.39 bits per heavy atom. The molecule has 0 radical (unpaired) electrons. The topological polar surface area (TPSA) is 26.3 Å². The second-order valence-corrected chi connectivity index (χ2v) is 11.6. The van der Waals surface area contributed by atoms with Crippen LogP contribution in [-0.4, -0.2) is 12.1 Å². The number of unbranched alkanes of at least 4 members (excludes halogenated alkanes) is 3. The average molecular weight is 433 g/mol. The Labute approximate surface area is 193 Å². The first-order chi connectivity index (χ1) is 15.1. The Hall–Kier alpha value is -0.530. The third-order valence-electron chi connectivity index (χ3n) is 9.31. The minimum atomic E-state index is 0.143. The monoisotopic (exact) mass is 432 g/mol. The van der Waals surface area contributed by atoms with Crippen LogP contribution in [0.15, 0.2) is 0 Å². The highest BCUT2D eigenvalue weighted by Crippen LogP contribution is 2.45. The van der Waals surface area contributed by atoms with Crippen molar-refractivity contribution in [3.05, 3.63) is 0 Å². The Balaban J connectivity index is 1.33. The first-order valence-corrected chi connectivity index (χ1v) is 14.3. The van der Waals surface area contributed by atoms with E-state index in [1.807, 2.05) is 0 Å². The van der Waals surface area contributed by atoms with Crippen LogP contribution in [0.25, 0.3) is 0 Å². The van der Waals surface area contributed by atoms with Gasteiger partial charge < -0.3 is 4.74 Å². The molecule has 0 bridgehead atoms. The van der Waals surface area contributed by atoms with E-state index in [0.29, 0.717) is 0 Å². The molecule has 3 saturated carbocycles. The highest BCUT2D eigenvalue weighted by atomic mass is 16.5. The number of carbonyl (C=O) groups excluding carboxylic acids is 1. The minimum Gasteiger partial charge on any atom is -0.462 e. The van der Waals surface area contributed by atoms with E-state index in [0.717, 1.165) is 55.3 Å². The normalized spacial score (nSPS) is 36.8. The molecule has 0 amide bonds. The predicted octanol–water partition coefficient (Wildman–Crippen LogP) is 8.72. The average Bonchev–Trinajstić information content (AvgIpc) is 2.79. The summed E-state index contributed by atoms with van der Waals surface area (Å²) in [7, 11) is 0. The van der Waals surface area contributed by atoms with Crippen LogP contribution < -0.4 is 0 Å². The molecule has 0 aliphatic heterocycles. The van der Waals surface area contributed by atoms with Crippen molar-refractivity contribution < 1.29 is 9.53 Å². The van der Waals surface area contributed by atoms with Gasteiger partial charge in [0.05, 0.1) is 5.92 Å². The van der Waals surface area contributed by atoms with Crippen LogP contribution in [-0.2, 0) is 9.53 Å². The standard InChI is InChI=1S/C29H52O2/c1-4-6-8-10-23-11-18-27(19-12-23)31-29(30)26-16-14-25(15-17-26)28-20-13-24(9-7-5-2)21-22(28)3/h22-28H,4-21H2,1-3H3/t22?,23-,24?,25-,26-,27-,28?. The SMILES string of the molecule is CCCCC[C@H]1CC[C@H](OC(=O)[C@H]2CC[C@H](C3CCC(CCCC)CC3C)CC2)CC1. The molecular weight excluding hydrogens is 380 g/mol. The zero-order chi connectivity index (χ0) is 22.1. The van der Waals surface area contributed by atoms with Crippen molar-refractivity contribution in [1.82, 2.24) is 0 Å². The lowest BCUT2D eigenvalue weighted by molar-refractivity contribution is -0.157. The summed E-state index contributed by atoms with van der Waals surface area (Å²) < 4.78 is 6.02. The van der Waals surface area contributed by atoms with Gasteiger partial charge in [-0.2, -0.15) is 0 Å². The van der Waals surface area contributed by atoms with Crippen LogP contribution >= 0.6 is 0 Å². The van der Waals surface area contributed by atoms with Crippen molar-refractivity contribution in [2.75, 3.05) is 0 Å². The Morgan fingerprint density at radius 3 is 2.03 bits per heavy atom. The van der Waals surface area contributed by atoms with Crippen molar-refractivity contribution in [1.29, 1.82) is 0 Å². The lowest BCUT2D eigenvalue weighted by Crippen LogP contribution is -2.34. The van der Waals surface area contributed by atoms with E-state index in [2.05, 4.69) is 20.8 Å². The van der Waals surface area contributed by atoms with E-state index in [1.54, 1.807) is 0 Å². The van der Waals surface area contributed by atoms with Crippen molar-refractivity contribution in [3.63, 3.8) is 0 Å².